The zero-order valence-electron chi connectivity index (χ0n) is 17.1. The third-order valence-corrected chi connectivity index (χ3v) is 5.28. The third kappa shape index (κ3) is 8.65. The van der Waals surface area contributed by atoms with Crippen LogP contribution in [0.3, 0.4) is 0 Å². The monoisotopic (exact) mass is 565 g/mol. The summed E-state index contributed by atoms with van der Waals surface area (Å²) in [4.78, 5) is 14.6. The summed E-state index contributed by atoms with van der Waals surface area (Å²) in [7, 11) is -1.91. The van der Waals surface area contributed by atoms with Crippen LogP contribution in [0.15, 0.2) is 52.4 Å². The number of nitro groups is 1. The summed E-state index contributed by atoms with van der Waals surface area (Å²) in [6, 6.07) is 10.0. The maximum Gasteiger partial charge on any atom is 0.293 e. The van der Waals surface area contributed by atoms with Crippen LogP contribution in [0.2, 0.25) is 0 Å². The summed E-state index contributed by atoms with van der Waals surface area (Å²) < 4.78 is 36.1. The molecule has 0 aliphatic rings. The Morgan fingerprint density at radius 2 is 1.74 bits per heavy atom. The van der Waals surface area contributed by atoms with Gasteiger partial charge in [0.25, 0.3) is 5.69 Å². The molecular weight excluding hydrogens is 540 g/mol. The first-order valence-electron chi connectivity index (χ1n) is 9.12. The summed E-state index contributed by atoms with van der Waals surface area (Å²) in [5.74, 6) is 0.281. The summed E-state index contributed by atoms with van der Waals surface area (Å²) in [6.45, 7) is 1.36. The van der Waals surface area contributed by atoms with E-state index in [4.69, 9.17) is 0 Å². The molecule has 9 nitrogen and oxygen atoms in total. The number of rotatable bonds is 9. The number of aliphatic imine (C=N–C) groups is 1. The normalized spacial score (nSPS) is 11.4. The maximum absolute atomic E-state index is 12.9. The van der Waals surface area contributed by atoms with E-state index in [1.54, 1.807) is 19.2 Å². The number of guanidine groups is 1. The van der Waals surface area contributed by atoms with Crippen LogP contribution < -0.4 is 16.0 Å². The van der Waals surface area contributed by atoms with Crippen LogP contribution in [0, 0.1) is 15.9 Å². The highest BCUT2D eigenvalue weighted by Crippen LogP contribution is 2.27. The van der Waals surface area contributed by atoms with Crippen LogP contribution >= 0.6 is 24.0 Å². The molecule has 0 unspecified atom stereocenters. The Kier molecular flexibility index (Phi) is 10.6. The van der Waals surface area contributed by atoms with E-state index < -0.39 is 14.8 Å². The largest absolute Gasteiger partial charge is 0.378 e. The Bertz CT molecular complexity index is 1020. The zero-order chi connectivity index (χ0) is 22.1. The van der Waals surface area contributed by atoms with Gasteiger partial charge in [-0.2, -0.15) is 0 Å². The molecule has 0 atom stereocenters. The number of nitro benzene ring substituents is 1. The number of halogens is 2. The second-order valence-electron chi connectivity index (χ2n) is 6.44. The predicted octanol–water partition coefficient (Wildman–Crippen LogP) is 2.58. The van der Waals surface area contributed by atoms with Gasteiger partial charge in [-0.05, 0) is 36.2 Å². The highest BCUT2D eigenvalue weighted by molar-refractivity contribution is 14.0. The summed E-state index contributed by atoms with van der Waals surface area (Å²) in [6.07, 6.45) is 1.69. The van der Waals surface area contributed by atoms with Crippen LogP contribution in [0.4, 0.5) is 15.8 Å². The Labute approximate surface area is 197 Å². The first-order valence-corrected chi connectivity index (χ1v) is 11.0. The van der Waals surface area contributed by atoms with Crippen molar-refractivity contribution in [1.82, 2.24) is 10.6 Å². The topological polar surface area (TPSA) is 126 Å². The Balaban J connectivity index is 0.00000480. The van der Waals surface area contributed by atoms with E-state index in [0.717, 1.165) is 17.9 Å². The Morgan fingerprint density at radius 1 is 1.10 bits per heavy atom. The van der Waals surface area contributed by atoms with E-state index in [9.17, 15) is 22.9 Å². The summed E-state index contributed by atoms with van der Waals surface area (Å²) in [5.41, 5.74) is 0.916. The molecular formula is C19H25FIN5O4S. The van der Waals surface area contributed by atoms with Gasteiger partial charge in [0.2, 0.25) is 0 Å². The minimum atomic E-state index is -3.53. The molecule has 2 aromatic carbocycles. The van der Waals surface area contributed by atoms with Crippen molar-refractivity contribution < 1.29 is 17.7 Å². The van der Waals surface area contributed by atoms with Crippen molar-refractivity contribution in [2.75, 3.05) is 38.3 Å². The van der Waals surface area contributed by atoms with Crippen molar-refractivity contribution in [3.05, 3.63) is 64.0 Å². The first-order chi connectivity index (χ1) is 14.2. The van der Waals surface area contributed by atoms with Gasteiger partial charge in [0.15, 0.2) is 15.8 Å². The van der Waals surface area contributed by atoms with Gasteiger partial charge < -0.3 is 16.0 Å². The predicted molar refractivity (Wildman–Crippen MR) is 130 cm³/mol. The van der Waals surface area contributed by atoms with Crippen molar-refractivity contribution in [3.8, 4) is 0 Å². The molecule has 0 aliphatic heterocycles. The molecule has 31 heavy (non-hydrogen) atoms. The molecule has 3 N–H and O–H groups in total. The number of benzene rings is 2. The lowest BCUT2D eigenvalue weighted by Crippen LogP contribution is -2.40. The fourth-order valence-corrected chi connectivity index (χ4v) is 3.26. The van der Waals surface area contributed by atoms with Crippen molar-refractivity contribution in [2.45, 2.75) is 11.3 Å². The number of nitrogens with one attached hydrogen (secondary N) is 3. The third-order valence-electron chi connectivity index (χ3n) is 4.17. The molecule has 0 amide bonds. The molecule has 0 spiro atoms. The molecule has 12 heteroatoms. The molecule has 0 aliphatic carbocycles. The molecule has 0 saturated heterocycles. The van der Waals surface area contributed by atoms with E-state index in [1.807, 2.05) is 0 Å². The SMILES string of the molecule is CN=C(NCCNc1ccc(S(C)(=O)=O)cc1[N+](=O)[O-])NCCc1ccc(F)cc1.I. The average Bonchev–Trinajstić information content (AvgIpc) is 2.70. The molecule has 2 aromatic rings. The number of anilines is 1. The quantitative estimate of drug-likeness (QED) is 0.107. The van der Waals surface area contributed by atoms with Crippen molar-refractivity contribution in [1.29, 1.82) is 0 Å². The van der Waals surface area contributed by atoms with Crippen molar-refractivity contribution in [2.24, 2.45) is 4.99 Å². The van der Waals surface area contributed by atoms with E-state index in [-0.39, 0.29) is 46.1 Å². The summed E-state index contributed by atoms with van der Waals surface area (Å²) >= 11 is 0. The smallest absolute Gasteiger partial charge is 0.293 e. The van der Waals surface area contributed by atoms with Crippen LogP contribution in [-0.2, 0) is 16.3 Å². The van der Waals surface area contributed by atoms with Gasteiger partial charge in [-0.15, -0.1) is 24.0 Å². The highest BCUT2D eigenvalue weighted by atomic mass is 127. The fourth-order valence-electron chi connectivity index (χ4n) is 2.62. The van der Waals surface area contributed by atoms with E-state index in [1.165, 1.54) is 24.3 Å². The number of hydrogen-bond acceptors (Lipinski definition) is 6. The van der Waals surface area contributed by atoms with Crippen molar-refractivity contribution >= 4 is 51.1 Å². The lowest BCUT2D eigenvalue weighted by atomic mass is 10.1. The fraction of sp³-hybridized carbons (Fsp3) is 0.316. The van der Waals surface area contributed by atoms with Crippen molar-refractivity contribution in [3.63, 3.8) is 0 Å². The molecule has 2 rings (SSSR count). The van der Waals surface area contributed by atoms with Gasteiger partial charge in [0.1, 0.15) is 11.5 Å². The average molecular weight is 565 g/mol. The van der Waals surface area contributed by atoms with Gasteiger partial charge in [-0.3, -0.25) is 15.1 Å². The molecule has 0 fully saturated rings. The van der Waals surface area contributed by atoms with Gasteiger partial charge in [0.05, 0.1) is 9.82 Å². The Hall–Kier alpha value is -2.48. The minimum absolute atomic E-state index is 0. The Morgan fingerprint density at radius 3 is 2.32 bits per heavy atom. The molecule has 0 saturated carbocycles. The molecule has 0 heterocycles. The van der Waals surface area contributed by atoms with Crippen LogP contribution in [0.25, 0.3) is 0 Å². The van der Waals surface area contributed by atoms with E-state index >= 15 is 0 Å². The zero-order valence-corrected chi connectivity index (χ0v) is 20.2. The molecule has 0 aromatic heterocycles. The van der Waals surface area contributed by atoms with Crippen LogP contribution in [0.5, 0.6) is 0 Å². The van der Waals surface area contributed by atoms with Gasteiger partial charge in [-0.1, -0.05) is 12.1 Å². The highest BCUT2D eigenvalue weighted by Gasteiger charge is 2.18. The van der Waals surface area contributed by atoms with Gasteiger partial charge in [-0.25, -0.2) is 12.8 Å². The minimum Gasteiger partial charge on any atom is -0.378 e. The van der Waals surface area contributed by atoms with Gasteiger partial charge in [0, 0.05) is 39.0 Å². The van der Waals surface area contributed by atoms with E-state index in [0.29, 0.717) is 32.0 Å². The number of nitrogens with zero attached hydrogens (tertiary/aromatic N) is 2. The van der Waals surface area contributed by atoms with Gasteiger partial charge >= 0.3 is 0 Å². The number of sulfone groups is 1. The van der Waals surface area contributed by atoms with E-state index in [2.05, 4.69) is 20.9 Å². The first kappa shape index (κ1) is 26.6. The van der Waals surface area contributed by atoms with Crippen LogP contribution in [-0.4, -0.2) is 52.2 Å². The molecule has 170 valence electrons. The number of hydrogen-bond donors (Lipinski definition) is 3. The van der Waals surface area contributed by atoms with Crippen LogP contribution in [0.1, 0.15) is 5.56 Å². The second-order valence-corrected chi connectivity index (χ2v) is 8.45. The standard InChI is InChI=1S/C19H24FN5O4S.HI/c1-21-19(23-10-9-14-3-5-15(20)6-4-14)24-12-11-22-17-8-7-16(30(2,28)29)13-18(17)25(26)27;/h3-8,13,22H,9-12H2,1-2H3,(H2,21,23,24);1H. The lowest BCUT2D eigenvalue weighted by molar-refractivity contribution is -0.384. The second kappa shape index (κ2) is 12.4. The summed E-state index contributed by atoms with van der Waals surface area (Å²) in [5, 5.41) is 20.4. The maximum atomic E-state index is 12.9. The lowest BCUT2D eigenvalue weighted by Gasteiger charge is -2.13. The molecule has 0 bridgehead atoms. The molecule has 0 radical (unpaired) electrons.